The predicted molar refractivity (Wildman–Crippen MR) is 93.6 cm³/mol. The maximum Gasteiger partial charge on any atom is 0.166 e. The highest BCUT2D eigenvalue weighted by Gasteiger charge is 2.10. The Labute approximate surface area is 140 Å². The summed E-state index contributed by atoms with van der Waals surface area (Å²) in [5, 5.41) is 7.29. The minimum Gasteiger partial charge on any atom is -0.379 e. The summed E-state index contributed by atoms with van der Waals surface area (Å²) >= 11 is 8.79. The van der Waals surface area contributed by atoms with E-state index in [1.807, 2.05) is 12.1 Å². The lowest BCUT2D eigenvalue weighted by atomic mass is 10.1. The molecule has 0 bridgehead atoms. The van der Waals surface area contributed by atoms with Crippen molar-refractivity contribution in [2.75, 3.05) is 39.4 Å². The highest BCUT2D eigenvalue weighted by molar-refractivity contribution is 9.10. The molecule has 1 fully saturated rings. The number of hydrogen-bond acceptors (Lipinski definition) is 3. The van der Waals surface area contributed by atoms with Gasteiger partial charge in [0.1, 0.15) is 0 Å². The van der Waals surface area contributed by atoms with E-state index in [-0.39, 0.29) is 6.04 Å². The SMILES string of the molecule is C[C@@H](NC(=S)NCCN1CCOCC1)c1ccc(Br)cc1. The van der Waals surface area contributed by atoms with Crippen LogP contribution in [0, 0.1) is 0 Å². The van der Waals surface area contributed by atoms with Crippen molar-refractivity contribution in [1.82, 2.24) is 15.5 Å². The highest BCUT2D eigenvalue weighted by Crippen LogP contribution is 2.16. The van der Waals surface area contributed by atoms with Gasteiger partial charge in [-0.3, -0.25) is 4.90 Å². The molecule has 0 unspecified atom stereocenters. The zero-order valence-electron chi connectivity index (χ0n) is 12.3. The van der Waals surface area contributed by atoms with Crippen LogP contribution in [0.4, 0.5) is 0 Å². The van der Waals surface area contributed by atoms with Crippen LogP contribution >= 0.6 is 28.1 Å². The first kappa shape index (κ1) is 16.7. The van der Waals surface area contributed by atoms with Gasteiger partial charge in [0.15, 0.2) is 5.11 Å². The smallest absolute Gasteiger partial charge is 0.166 e. The van der Waals surface area contributed by atoms with Gasteiger partial charge in [0.2, 0.25) is 0 Å². The van der Waals surface area contributed by atoms with E-state index < -0.39 is 0 Å². The van der Waals surface area contributed by atoms with Crippen LogP contribution in [0.2, 0.25) is 0 Å². The van der Waals surface area contributed by atoms with Gasteiger partial charge >= 0.3 is 0 Å². The summed E-state index contributed by atoms with van der Waals surface area (Å²) in [6, 6.07) is 8.47. The standard InChI is InChI=1S/C15H22BrN3OS/c1-12(13-2-4-14(16)5-3-13)18-15(21)17-6-7-19-8-10-20-11-9-19/h2-5,12H,6-11H2,1H3,(H2,17,18,21)/t12-/m1/s1. The highest BCUT2D eigenvalue weighted by atomic mass is 79.9. The summed E-state index contributed by atoms with van der Waals surface area (Å²) in [5.41, 5.74) is 1.22. The maximum absolute atomic E-state index is 5.35. The minimum absolute atomic E-state index is 0.196. The molecule has 1 aliphatic heterocycles. The van der Waals surface area contributed by atoms with Gasteiger partial charge < -0.3 is 15.4 Å². The fourth-order valence-corrected chi connectivity index (χ4v) is 2.78. The van der Waals surface area contributed by atoms with Crippen molar-refractivity contribution < 1.29 is 4.74 Å². The molecular weight excluding hydrogens is 350 g/mol. The van der Waals surface area contributed by atoms with Crippen molar-refractivity contribution in [1.29, 1.82) is 0 Å². The van der Waals surface area contributed by atoms with Crippen LogP contribution in [0.3, 0.4) is 0 Å². The van der Waals surface area contributed by atoms with Gasteiger partial charge in [-0.05, 0) is 36.8 Å². The van der Waals surface area contributed by atoms with Crippen molar-refractivity contribution in [3.8, 4) is 0 Å². The lowest BCUT2D eigenvalue weighted by Gasteiger charge is -2.27. The molecule has 1 heterocycles. The van der Waals surface area contributed by atoms with Crippen LogP contribution in [0.15, 0.2) is 28.7 Å². The van der Waals surface area contributed by atoms with Crippen LogP contribution < -0.4 is 10.6 Å². The quantitative estimate of drug-likeness (QED) is 0.776. The van der Waals surface area contributed by atoms with Crippen LogP contribution in [-0.4, -0.2) is 49.4 Å². The largest absolute Gasteiger partial charge is 0.379 e. The average Bonchev–Trinajstić information content (AvgIpc) is 2.49. The van der Waals surface area contributed by atoms with E-state index in [0.29, 0.717) is 5.11 Å². The third-order valence-electron chi connectivity index (χ3n) is 3.53. The normalized spacial score (nSPS) is 17.2. The number of nitrogens with one attached hydrogen (secondary N) is 2. The Balaban J connectivity index is 1.67. The number of ether oxygens (including phenoxy) is 1. The fraction of sp³-hybridized carbons (Fsp3) is 0.533. The molecule has 116 valence electrons. The van der Waals surface area contributed by atoms with Gasteiger partial charge in [-0.2, -0.15) is 0 Å². The molecule has 0 radical (unpaired) electrons. The van der Waals surface area contributed by atoms with E-state index in [9.17, 15) is 0 Å². The summed E-state index contributed by atoms with van der Waals surface area (Å²) < 4.78 is 6.42. The molecule has 0 spiro atoms. The molecule has 0 aromatic heterocycles. The Morgan fingerprint density at radius 3 is 2.67 bits per heavy atom. The zero-order valence-corrected chi connectivity index (χ0v) is 14.7. The van der Waals surface area contributed by atoms with E-state index >= 15 is 0 Å². The predicted octanol–water partition coefficient (Wildman–Crippen LogP) is 2.31. The molecule has 2 rings (SSSR count). The van der Waals surface area contributed by atoms with Crippen molar-refractivity contribution >= 4 is 33.3 Å². The molecule has 0 saturated carbocycles. The first-order chi connectivity index (χ1) is 10.1. The number of halogens is 1. The second kappa shape index (κ2) is 8.68. The number of benzene rings is 1. The van der Waals surface area contributed by atoms with Crippen LogP contribution in [0.5, 0.6) is 0 Å². The molecule has 1 aromatic rings. The first-order valence-electron chi connectivity index (χ1n) is 7.25. The molecule has 4 nitrogen and oxygen atoms in total. The molecule has 1 atom stereocenters. The van der Waals surface area contributed by atoms with Gasteiger partial charge in [0, 0.05) is 30.7 Å². The third-order valence-corrected chi connectivity index (χ3v) is 4.33. The van der Waals surface area contributed by atoms with E-state index in [2.05, 4.69) is 50.5 Å². The van der Waals surface area contributed by atoms with E-state index in [1.165, 1.54) is 5.56 Å². The van der Waals surface area contributed by atoms with Gasteiger partial charge in [0.05, 0.1) is 19.3 Å². The lowest BCUT2D eigenvalue weighted by molar-refractivity contribution is 0.0389. The van der Waals surface area contributed by atoms with Crippen LogP contribution in [0.25, 0.3) is 0 Å². The van der Waals surface area contributed by atoms with Crippen molar-refractivity contribution in [2.24, 2.45) is 0 Å². The fourth-order valence-electron chi connectivity index (χ4n) is 2.23. The van der Waals surface area contributed by atoms with E-state index in [4.69, 9.17) is 17.0 Å². The maximum atomic E-state index is 5.35. The Hall–Kier alpha value is -0.690. The topological polar surface area (TPSA) is 36.5 Å². The molecule has 1 aliphatic rings. The molecule has 1 aromatic carbocycles. The number of morpholine rings is 1. The summed E-state index contributed by atoms with van der Waals surface area (Å²) in [7, 11) is 0. The molecular formula is C15H22BrN3OS. The second-order valence-electron chi connectivity index (χ2n) is 5.13. The summed E-state index contributed by atoms with van der Waals surface area (Å²) in [4.78, 5) is 2.39. The van der Waals surface area contributed by atoms with Gasteiger partial charge in [0.25, 0.3) is 0 Å². The Morgan fingerprint density at radius 1 is 1.33 bits per heavy atom. The van der Waals surface area contributed by atoms with E-state index in [1.54, 1.807) is 0 Å². The third kappa shape index (κ3) is 5.90. The molecule has 0 amide bonds. The van der Waals surface area contributed by atoms with Crippen LogP contribution in [0.1, 0.15) is 18.5 Å². The zero-order chi connectivity index (χ0) is 15.1. The average molecular weight is 372 g/mol. The van der Waals surface area contributed by atoms with Crippen molar-refractivity contribution in [2.45, 2.75) is 13.0 Å². The number of hydrogen-bond donors (Lipinski definition) is 2. The second-order valence-corrected chi connectivity index (χ2v) is 6.45. The molecule has 21 heavy (non-hydrogen) atoms. The number of thiocarbonyl (C=S) groups is 1. The van der Waals surface area contributed by atoms with Crippen molar-refractivity contribution in [3.63, 3.8) is 0 Å². The van der Waals surface area contributed by atoms with Crippen LogP contribution in [-0.2, 0) is 4.74 Å². The van der Waals surface area contributed by atoms with Crippen molar-refractivity contribution in [3.05, 3.63) is 34.3 Å². The summed E-state index contributed by atoms with van der Waals surface area (Å²) in [6.07, 6.45) is 0. The number of nitrogens with zero attached hydrogens (tertiary/aromatic N) is 1. The van der Waals surface area contributed by atoms with Gasteiger partial charge in [-0.1, -0.05) is 28.1 Å². The Kier molecular flexibility index (Phi) is 6.89. The molecule has 2 N–H and O–H groups in total. The Bertz CT molecular complexity index is 449. The van der Waals surface area contributed by atoms with Gasteiger partial charge in [-0.25, -0.2) is 0 Å². The van der Waals surface area contributed by atoms with E-state index in [0.717, 1.165) is 43.9 Å². The molecule has 1 saturated heterocycles. The molecule has 0 aliphatic carbocycles. The van der Waals surface area contributed by atoms with Gasteiger partial charge in [-0.15, -0.1) is 0 Å². The summed E-state index contributed by atoms with van der Waals surface area (Å²) in [5.74, 6) is 0. The first-order valence-corrected chi connectivity index (χ1v) is 8.45. The Morgan fingerprint density at radius 2 is 2.00 bits per heavy atom. The summed E-state index contributed by atoms with van der Waals surface area (Å²) in [6.45, 7) is 7.66. The number of rotatable bonds is 5. The molecule has 6 heteroatoms. The monoisotopic (exact) mass is 371 g/mol. The lowest BCUT2D eigenvalue weighted by Crippen LogP contribution is -2.44. The minimum atomic E-state index is 0.196.